The number of aromatic nitrogens is 2. The molecule has 0 aliphatic rings. The van der Waals surface area contributed by atoms with E-state index in [0.29, 0.717) is 33.7 Å². The molecule has 3 rings (SSSR count). The van der Waals surface area contributed by atoms with Crippen LogP contribution in [0.3, 0.4) is 0 Å². The Bertz CT molecular complexity index is 928. The first kappa shape index (κ1) is 16.4. The molecule has 4 nitrogen and oxygen atoms in total. The maximum Gasteiger partial charge on any atom is 0.146 e. The molecule has 1 aromatic heterocycles. The third-order valence-electron chi connectivity index (χ3n) is 3.56. The van der Waals surface area contributed by atoms with E-state index >= 15 is 0 Å². The first-order chi connectivity index (χ1) is 11.6. The number of hydrogen-bond donors (Lipinski definition) is 0. The maximum atomic E-state index is 9.30. The molecular formula is C18H13Cl2N3O. The molecule has 6 heteroatoms. The second kappa shape index (κ2) is 6.96. The predicted molar refractivity (Wildman–Crippen MR) is 93.8 cm³/mol. The Balaban J connectivity index is 1.92. The Kier molecular flexibility index (Phi) is 4.75. The minimum absolute atomic E-state index is 0.391. The van der Waals surface area contributed by atoms with E-state index in [1.807, 2.05) is 29.8 Å². The Labute approximate surface area is 149 Å². The largest absolute Gasteiger partial charge is 0.454 e. The summed E-state index contributed by atoms with van der Waals surface area (Å²) >= 11 is 12.0. The zero-order chi connectivity index (χ0) is 17.1. The molecular weight excluding hydrogens is 345 g/mol. The minimum Gasteiger partial charge on any atom is -0.454 e. The number of ether oxygens (including phenoxy) is 1. The van der Waals surface area contributed by atoms with Crippen molar-refractivity contribution < 1.29 is 4.74 Å². The van der Waals surface area contributed by atoms with E-state index in [0.717, 1.165) is 11.4 Å². The number of rotatable bonds is 4. The van der Waals surface area contributed by atoms with Gasteiger partial charge in [0, 0.05) is 24.0 Å². The van der Waals surface area contributed by atoms with E-state index in [9.17, 15) is 5.26 Å². The summed E-state index contributed by atoms with van der Waals surface area (Å²) in [6, 6.07) is 12.6. The molecule has 120 valence electrons. The second-order valence-corrected chi connectivity index (χ2v) is 6.07. The molecule has 2 aromatic carbocycles. The van der Waals surface area contributed by atoms with Crippen LogP contribution in [0.5, 0.6) is 11.5 Å². The number of aryl methyl sites for hydroxylation is 1. The lowest BCUT2D eigenvalue weighted by Gasteiger charge is -2.12. The van der Waals surface area contributed by atoms with E-state index in [1.165, 1.54) is 0 Å². The molecule has 0 aliphatic heterocycles. The van der Waals surface area contributed by atoms with Crippen molar-refractivity contribution >= 4 is 23.2 Å². The smallest absolute Gasteiger partial charge is 0.146 e. The van der Waals surface area contributed by atoms with Crippen molar-refractivity contribution in [1.29, 1.82) is 5.26 Å². The van der Waals surface area contributed by atoms with Gasteiger partial charge in [-0.3, -0.25) is 0 Å². The van der Waals surface area contributed by atoms with Gasteiger partial charge in [-0.1, -0.05) is 29.3 Å². The van der Waals surface area contributed by atoms with E-state index in [-0.39, 0.29) is 0 Å². The van der Waals surface area contributed by atoms with Crippen molar-refractivity contribution in [2.75, 3.05) is 0 Å². The molecule has 0 saturated heterocycles. The highest BCUT2D eigenvalue weighted by Crippen LogP contribution is 2.33. The molecule has 1 heterocycles. The van der Waals surface area contributed by atoms with Gasteiger partial charge < -0.3 is 9.30 Å². The number of halogens is 2. The van der Waals surface area contributed by atoms with Gasteiger partial charge in [-0.2, -0.15) is 5.26 Å². The van der Waals surface area contributed by atoms with Crippen LogP contribution in [0, 0.1) is 18.3 Å². The SMILES string of the molecule is Cc1nccn1Cc1ccc(C#N)c(Oc2ccc(Cl)cc2Cl)c1. The Morgan fingerprint density at radius 3 is 2.67 bits per heavy atom. The van der Waals surface area contributed by atoms with Crippen molar-refractivity contribution in [3.8, 4) is 17.6 Å². The van der Waals surface area contributed by atoms with Crippen LogP contribution < -0.4 is 4.74 Å². The van der Waals surface area contributed by atoms with Gasteiger partial charge in [-0.05, 0) is 42.8 Å². The zero-order valence-corrected chi connectivity index (χ0v) is 14.3. The highest BCUT2D eigenvalue weighted by Gasteiger charge is 2.10. The summed E-state index contributed by atoms with van der Waals surface area (Å²) in [5.74, 6) is 1.83. The van der Waals surface area contributed by atoms with Gasteiger partial charge in [0.15, 0.2) is 0 Å². The van der Waals surface area contributed by atoms with Crippen LogP contribution in [0.25, 0.3) is 0 Å². The van der Waals surface area contributed by atoms with Crippen LogP contribution >= 0.6 is 23.2 Å². The number of nitrogens with zero attached hydrogens (tertiary/aromatic N) is 3. The lowest BCUT2D eigenvalue weighted by Crippen LogP contribution is -2.01. The molecule has 3 aromatic rings. The molecule has 0 aliphatic carbocycles. The van der Waals surface area contributed by atoms with E-state index in [4.69, 9.17) is 27.9 Å². The average molecular weight is 358 g/mol. The molecule has 0 atom stereocenters. The zero-order valence-electron chi connectivity index (χ0n) is 12.8. The van der Waals surface area contributed by atoms with Crippen LogP contribution in [-0.2, 0) is 6.54 Å². The van der Waals surface area contributed by atoms with E-state index in [2.05, 4.69) is 11.1 Å². The lowest BCUT2D eigenvalue weighted by atomic mass is 10.1. The standard InChI is InChI=1S/C18H13Cl2N3O/c1-12-22-6-7-23(12)11-13-2-3-14(10-21)18(8-13)24-17-5-4-15(19)9-16(17)20/h2-9H,11H2,1H3. The molecule has 24 heavy (non-hydrogen) atoms. The molecule has 0 saturated carbocycles. The lowest BCUT2D eigenvalue weighted by molar-refractivity contribution is 0.480. The Morgan fingerprint density at radius 1 is 1.17 bits per heavy atom. The topological polar surface area (TPSA) is 50.8 Å². The van der Waals surface area contributed by atoms with Gasteiger partial charge in [0.1, 0.15) is 23.4 Å². The summed E-state index contributed by atoms with van der Waals surface area (Å²) in [5, 5.41) is 10.2. The van der Waals surface area contributed by atoms with Crippen molar-refractivity contribution in [2.45, 2.75) is 13.5 Å². The molecule has 0 bridgehead atoms. The van der Waals surface area contributed by atoms with Crippen LogP contribution in [-0.4, -0.2) is 9.55 Å². The fourth-order valence-corrected chi connectivity index (χ4v) is 2.73. The third kappa shape index (κ3) is 3.53. The monoisotopic (exact) mass is 357 g/mol. The van der Waals surface area contributed by atoms with Gasteiger partial charge in [-0.25, -0.2) is 4.98 Å². The van der Waals surface area contributed by atoms with Gasteiger partial charge >= 0.3 is 0 Å². The summed E-state index contributed by atoms with van der Waals surface area (Å²) in [6.45, 7) is 2.58. The van der Waals surface area contributed by atoms with Gasteiger partial charge in [-0.15, -0.1) is 0 Å². The number of hydrogen-bond acceptors (Lipinski definition) is 3. The minimum atomic E-state index is 0.391. The predicted octanol–water partition coefficient (Wildman–Crippen LogP) is 5.21. The summed E-state index contributed by atoms with van der Waals surface area (Å²) in [5.41, 5.74) is 1.43. The average Bonchev–Trinajstić information content (AvgIpc) is 2.95. The Hall–Kier alpha value is -2.48. The van der Waals surface area contributed by atoms with Crippen molar-refractivity contribution in [2.24, 2.45) is 0 Å². The first-order valence-corrected chi connectivity index (χ1v) is 7.96. The van der Waals surface area contributed by atoms with Crippen molar-refractivity contribution in [1.82, 2.24) is 9.55 Å². The number of imidazole rings is 1. The van der Waals surface area contributed by atoms with Gasteiger partial charge in [0.2, 0.25) is 0 Å². The summed E-state index contributed by atoms with van der Waals surface area (Å²) < 4.78 is 7.85. The number of benzene rings is 2. The molecule has 0 N–H and O–H groups in total. The highest BCUT2D eigenvalue weighted by atomic mass is 35.5. The second-order valence-electron chi connectivity index (χ2n) is 5.22. The number of nitriles is 1. The quantitative estimate of drug-likeness (QED) is 0.643. The van der Waals surface area contributed by atoms with E-state index < -0.39 is 0 Å². The van der Waals surface area contributed by atoms with Crippen LogP contribution in [0.1, 0.15) is 17.0 Å². The van der Waals surface area contributed by atoms with Crippen LogP contribution in [0.4, 0.5) is 0 Å². The fraction of sp³-hybridized carbons (Fsp3) is 0.111. The summed E-state index contributed by atoms with van der Waals surface area (Å²) in [6.07, 6.45) is 3.66. The molecule has 0 fully saturated rings. The molecule has 0 spiro atoms. The Morgan fingerprint density at radius 2 is 2.00 bits per heavy atom. The molecule has 0 amide bonds. The first-order valence-electron chi connectivity index (χ1n) is 7.20. The molecule has 0 unspecified atom stereocenters. The maximum absolute atomic E-state index is 9.30. The van der Waals surface area contributed by atoms with Crippen molar-refractivity contribution in [3.05, 3.63) is 75.8 Å². The molecule has 0 radical (unpaired) electrons. The van der Waals surface area contributed by atoms with Gasteiger partial charge in [0.05, 0.1) is 10.6 Å². The summed E-state index contributed by atoms with van der Waals surface area (Å²) in [7, 11) is 0. The fourth-order valence-electron chi connectivity index (χ4n) is 2.29. The highest BCUT2D eigenvalue weighted by molar-refractivity contribution is 6.35. The summed E-state index contributed by atoms with van der Waals surface area (Å²) in [4.78, 5) is 4.21. The van der Waals surface area contributed by atoms with E-state index in [1.54, 1.807) is 30.5 Å². The normalized spacial score (nSPS) is 10.4. The third-order valence-corrected chi connectivity index (χ3v) is 4.09. The van der Waals surface area contributed by atoms with Crippen LogP contribution in [0.2, 0.25) is 10.0 Å². The van der Waals surface area contributed by atoms with Crippen LogP contribution in [0.15, 0.2) is 48.8 Å². The van der Waals surface area contributed by atoms with Crippen molar-refractivity contribution in [3.63, 3.8) is 0 Å². The van der Waals surface area contributed by atoms with Gasteiger partial charge in [0.25, 0.3) is 0 Å².